The molecule has 1 saturated carbocycles. The minimum atomic E-state index is -0.175. The quantitative estimate of drug-likeness (QED) is 0.801. The van der Waals surface area contributed by atoms with Crippen molar-refractivity contribution in [3.05, 3.63) is 47.7 Å². The summed E-state index contributed by atoms with van der Waals surface area (Å²) in [6.45, 7) is 1.89. The zero-order valence-electron chi connectivity index (χ0n) is 11.5. The van der Waals surface area contributed by atoms with Crippen LogP contribution in [0.3, 0.4) is 0 Å². The lowest BCUT2D eigenvalue weighted by atomic mass is 10.2. The second-order valence-corrected chi connectivity index (χ2v) is 5.31. The van der Waals surface area contributed by atoms with E-state index in [2.05, 4.69) is 15.4 Å². The van der Waals surface area contributed by atoms with Crippen molar-refractivity contribution in [3.8, 4) is 0 Å². The molecular formula is C15H14N4O2. The Hall–Kier alpha value is -2.63. The zero-order chi connectivity index (χ0) is 14.4. The molecule has 0 atom stereocenters. The molecule has 0 radical (unpaired) electrons. The van der Waals surface area contributed by atoms with Crippen LogP contribution in [0, 0.1) is 6.92 Å². The van der Waals surface area contributed by atoms with Crippen LogP contribution in [0.25, 0.3) is 5.65 Å². The van der Waals surface area contributed by atoms with Gasteiger partial charge >= 0.3 is 0 Å². The van der Waals surface area contributed by atoms with Crippen LogP contribution in [0.4, 0.5) is 5.82 Å². The molecule has 1 N–H and O–H groups in total. The van der Waals surface area contributed by atoms with Crippen molar-refractivity contribution < 1.29 is 9.21 Å². The summed E-state index contributed by atoms with van der Waals surface area (Å²) in [5.74, 6) is 1.60. The van der Waals surface area contributed by atoms with Crippen LogP contribution in [0.1, 0.15) is 40.6 Å². The summed E-state index contributed by atoms with van der Waals surface area (Å²) in [4.78, 5) is 16.7. The van der Waals surface area contributed by atoms with E-state index in [1.165, 1.54) is 0 Å². The monoisotopic (exact) mass is 282 g/mol. The van der Waals surface area contributed by atoms with E-state index >= 15 is 0 Å². The molecule has 1 aliphatic carbocycles. The molecule has 0 bridgehead atoms. The number of carbonyl (C=O) groups excluding carboxylic acids is 1. The fourth-order valence-corrected chi connectivity index (χ4v) is 2.46. The van der Waals surface area contributed by atoms with Crippen molar-refractivity contribution in [2.45, 2.75) is 25.7 Å². The molecule has 3 aromatic heterocycles. The summed E-state index contributed by atoms with van der Waals surface area (Å²) < 4.78 is 7.07. The van der Waals surface area contributed by atoms with E-state index in [9.17, 15) is 4.79 Å². The van der Waals surface area contributed by atoms with Gasteiger partial charge in [-0.1, -0.05) is 0 Å². The molecule has 3 aromatic rings. The van der Waals surface area contributed by atoms with Gasteiger partial charge in [-0.25, -0.2) is 4.98 Å². The first-order chi connectivity index (χ1) is 10.2. The number of rotatable bonds is 3. The van der Waals surface area contributed by atoms with Gasteiger partial charge in [-0.15, -0.1) is 0 Å². The highest BCUT2D eigenvalue weighted by Crippen LogP contribution is 2.42. The molecule has 1 amide bonds. The van der Waals surface area contributed by atoms with Crippen molar-refractivity contribution >= 4 is 17.4 Å². The van der Waals surface area contributed by atoms with Crippen LogP contribution in [0.15, 0.2) is 35.1 Å². The average molecular weight is 282 g/mol. The first kappa shape index (κ1) is 12.1. The summed E-state index contributed by atoms with van der Waals surface area (Å²) in [6, 6.07) is 5.31. The van der Waals surface area contributed by atoms with Crippen molar-refractivity contribution in [2.75, 3.05) is 5.32 Å². The Morgan fingerprint density at radius 2 is 2.29 bits per heavy atom. The summed E-state index contributed by atoms with van der Waals surface area (Å²) in [5.41, 5.74) is 2.16. The van der Waals surface area contributed by atoms with Gasteiger partial charge in [0.15, 0.2) is 5.65 Å². The molecule has 6 heteroatoms. The molecule has 0 spiro atoms. The highest BCUT2D eigenvalue weighted by molar-refractivity contribution is 6.04. The lowest BCUT2D eigenvalue weighted by Crippen LogP contribution is -2.15. The Kier molecular flexibility index (Phi) is 2.57. The number of nitrogens with one attached hydrogen (secondary N) is 1. The number of anilines is 1. The van der Waals surface area contributed by atoms with Gasteiger partial charge in [0.2, 0.25) is 0 Å². The third kappa shape index (κ3) is 2.08. The topological polar surface area (TPSA) is 72.4 Å². The third-order valence-electron chi connectivity index (χ3n) is 3.61. The van der Waals surface area contributed by atoms with Gasteiger partial charge in [0.1, 0.15) is 11.6 Å². The minimum absolute atomic E-state index is 0.175. The van der Waals surface area contributed by atoms with E-state index in [1.807, 2.05) is 13.0 Å². The number of aryl methyl sites for hydroxylation is 1. The maximum Gasteiger partial charge on any atom is 0.260 e. The zero-order valence-corrected chi connectivity index (χ0v) is 11.5. The largest absolute Gasteiger partial charge is 0.468 e. The Bertz CT molecular complexity index is 829. The first-order valence-electron chi connectivity index (χ1n) is 6.92. The maximum absolute atomic E-state index is 12.4. The number of nitrogens with zero attached hydrogens (tertiary/aromatic N) is 3. The minimum Gasteiger partial charge on any atom is -0.468 e. The van der Waals surface area contributed by atoms with Crippen LogP contribution in [0.5, 0.6) is 0 Å². The molecule has 0 aliphatic heterocycles. The second-order valence-electron chi connectivity index (χ2n) is 5.31. The van der Waals surface area contributed by atoms with Gasteiger partial charge in [-0.05, 0) is 31.9 Å². The van der Waals surface area contributed by atoms with Crippen molar-refractivity contribution in [2.24, 2.45) is 0 Å². The average Bonchev–Trinajstić information content (AvgIpc) is 3.05. The van der Waals surface area contributed by atoms with Crippen LogP contribution in [-0.2, 0) is 0 Å². The van der Waals surface area contributed by atoms with Crippen LogP contribution in [-0.4, -0.2) is 20.5 Å². The number of hydrogen-bond acceptors (Lipinski definition) is 4. The molecular weight excluding hydrogens is 268 g/mol. The molecule has 106 valence electrons. The number of hydrogen-bond donors (Lipinski definition) is 1. The van der Waals surface area contributed by atoms with Crippen molar-refractivity contribution in [1.29, 1.82) is 0 Å². The van der Waals surface area contributed by atoms with E-state index in [0.717, 1.165) is 24.3 Å². The highest BCUT2D eigenvalue weighted by atomic mass is 16.3. The number of fused-ring (bicyclic) bond motifs is 1. The SMILES string of the molecule is Cc1cc2nccc(NC(=O)c3ccoc3C3CC3)n2n1. The Balaban J connectivity index is 1.67. The molecule has 0 saturated heterocycles. The van der Waals surface area contributed by atoms with E-state index in [0.29, 0.717) is 22.9 Å². The molecule has 0 aromatic carbocycles. The third-order valence-corrected chi connectivity index (χ3v) is 3.61. The molecule has 3 heterocycles. The second kappa shape index (κ2) is 4.44. The Morgan fingerprint density at radius 1 is 1.43 bits per heavy atom. The van der Waals surface area contributed by atoms with Gasteiger partial charge in [0.05, 0.1) is 17.5 Å². The van der Waals surface area contributed by atoms with E-state index in [4.69, 9.17) is 4.42 Å². The molecule has 1 aliphatic rings. The van der Waals surface area contributed by atoms with E-state index in [-0.39, 0.29) is 5.91 Å². The number of amides is 1. The molecule has 6 nitrogen and oxygen atoms in total. The number of aromatic nitrogens is 3. The van der Waals surface area contributed by atoms with E-state index in [1.54, 1.807) is 29.1 Å². The number of furan rings is 1. The van der Waals surface area contributed by atoms with Gasteiger partial charge < -0.3 is 9.73 Å². The Labute approximate surface area is 120 Å². The fraction of sp³-hybridized carbons (Fsp3) is 0.267. The number of carbonyl (C=O) groups is 1. The first-order valence-corrected chi connectivity index (χ1v) is 6.92. The molecule has 1 fully saturated rings. The predicted octanol–water partition coefficient (Wildman–Crippen LogP) is 2.76. The van der Waals surface area contributed by atoms with Gasteiger partial charge in [0.25, 0.3) is 5.91 Å². The van der Waals surface area contributed by atoms with Crippen molar-refractivity contribution in [3.63, 3.8) is 0 Å². The normalized spacial score (nSPS) is 14.5. The van der Waals surface area contributed by atoms with Crippen LogP contribution < -0.4 is 5.32 Å². The predicted molar refractivity (Wildman–Crippen MR) is 76.4 cm³/mol. The van der Waals surface area contributed by atoms with Crippen molar-refractivity contribution in [1.82, 2.24) is 14.6 Å². The standard InChI is InChI=1S/C15H14N4O2/c1-9-8-13-16-6-4-12(19(13)18-9)17-15(20)11-5-7-21-14(11)10-2-3-10/h4-8,10H,2-3H2,1H3,(H,17,20). The van der Waals surface area contributed by atoms with Gasteiger partial charge in [-0.3, -0.25) is 4.79 Å². The van der Waals surface area contributed by atoms with Crippen LogP contribution in [0.2, 0.25) is 0 Å². The fourth-order valence-electron chi connectivity index (χ4n) is 2.46. The lowest BCUT2D eigenvalue weighted by Gasteiger charge is -2.06. The summed E-state index contributed by atoms with van der Waals surface area (Å²) >= 11 is 0. The highest BCUT2D eigenvalue weighted by Gasteiger charge is 2.31. The Morgan fingerprint density at radius 3 is 3.10 bits per heavy atom. The summed E-state index contributed by atoms with van der Waals surface area (Å²) in [5, 5.41) is 7.22. The molecule has 21 heavy (non-hydrogen) atoms. The molecule has 4 rings (SSSR count). The van der Waals surface area contributed by atoms with Crippen LogP contribution >= 0.6 is 0 Å². The van der Waals surface area contributed by atoms with Gasteiger partial charge in [-0.2, -0.15) is 9.61 Å². The lowest BCUT2D eigenvalue weighted by molar-refractivity contribution is 0.102. The summed E-state index contributed by atoms with van der Waals surface area (Å²) in [6.07, 6.45) is 5.41. The smallest absolute Gasteiger partial charge is 0.260 e. The van der Waals surface area contributed by atoms with Gasteiger partial charge in [0, 0.05) is 18.2 Å². The summed E-state index contributed by atoms with van der Waals surface area (Å²) in [7, 11) is 0. The maximum atomic E-state index is 12.4. The molecule has 0 unspecified atom stereocenters. The van der Waals surface area contributed by atoms with E-state index < -0.39 is 0 Å².